The zero-order chi connectivity index (χ0) is 12.4. The van der Waals surface area contributed by atoms with Crippen molar-refractivity contribution in [2.24, 2.45) is 0 Å². The summed E-state index contributed by atoms with van der Waals surface area (Å²) >= 11 is 6.03. The van der Waals surface area contributed by atoms with Crippen molar-refractivity contribution >= 4 is 23.1 Å². The summed E-state index contributed by atoms with van der Waals surface area (Å²) < 4.78 is 0. The first-order valence-corrected chi connectivity index (χ1v) is 5.66. The fourth-order valence-corrected chi connectivity index (χ4v) is 2.13. The standard InChI is InChI=1S/C11H12ClN3O2/c1-8-3-2-4-14(7-8)11-10(12)5-9(6-13-11)15(16)17/h3,5-6H,2,4,7H2,1H3. The van der Waals surface area contributed by atoms with Crippen LogP contribution in [0.25, 0.3) is 0 Å². The van der Waals surface area contributed by atoms with E-state index in [2.05, 4.69) is 11.1 Å². The molecule has 2 rings (SSSR count). The summed E-state index contributed by atoms with van der Waals surface area (Å²) in [7, 11) is 0. The highest BCUT2D eigenvalue weighted by atomic mass is 35.5. The van der Waals surface area contributed by atoms with Crippen LogP contribution in [0.1, 0.15) is 13.3 Å². The van der Waals surface area contributed by atoms with E-state index < -0.39 is 4.92 Å². The molecule has 1 aliphatic heterocycles. The lowest BCUT2D eigenvalue weighted by molar-refractivity contribution is -0.385. The van der Waals surface area contributed by atoms with Crippen LogP contribution >= 0.6 is 11.6 Å². The van der Waals surface area contributed by atoms with Crippen LogP contribution in [0.5, 0.6) is 0 Å². The smallest absolute Gasteiger partial charge is 0.289 e. The Balaban J connectivity index is 2.28. The summed E-state index contributed by atoms with van der Waals surface area (Å²) in [6.45, 7) is 3.65. The van der Waals surface area contributed by atoms with Crippen LogP contribution in [0.2, 0.25) is 5.02 Å². The maximum absolute atomic E-state index is 10.6. The van der Waals surface area contributed by atoms with Crippen LogP contribution in [0.4, 0.5) is 11.5 Å². The second kappa shape index (κ2) is 4.71. The molecule has 0 amide bonds. The Labute approximate surface area is 104 Å². The predicted octanol–water partition coefficient (Wildman–Crippen LogP) is 2.80. The summed E-state index contributed by atoms with van der Waals surface area (Å²) in [6, 6.07) is 1.34. The Morgan fingerprint density at radius 2 is 2.35 bits per heavy atom. The van der Waals surface area contributed by atoms with Crippen LogP contribution in [0.3, 0.4) is 0 Å². The second-order valence-corrected chi connectivity index (χ2v) is 4.42. The Morgan fingerprint density at radius 1 is 1.59 bits per heavy atom. The van der Waals surface area contributed by atoms with Crippen molar-refractivity contribution < 1.29 is 4.92 Å². The van der Waals surface area contributed by atoms with Crippen molar-refractivity contribution in [3.63, 3.8) is 0 Å². The van der Waals surface area contributed by atoms with Gasteiger partial charge in [-0.1, -0.05) is 23.3 Å². The number of pyridine rings is 1. The largest absolute Gasteiger partial charge is 0.351 e. The van der Waals surface area contributed by atoms with Gasteiger partial charge in [0, 0.05) is 19.2 Å². The summed E-state index contributed by atoms with van der Waals surface area (Å²) in [5.74, 6) is 0.615. The van der Waals surface area contributed by atoms with E-state index in [9.17, 15) is 10.1 Å². The van der Waals surface area contributed by atoms with E-state index in [0.29, 0.717) is 10.8 Å². The van der Waals surface area contributed by atoms with Gasteiger partial charge in [-0.05, 0) is 13.3 Å². The molecule has 0 atom stereocenters. The third-order valence-corrected chi connectivity index (χ3v) is 2.93. The highest BCUT2D eigenvalue weighted by Gasteiger charge is 2.17. The Bertz CT molecular complexity index is 488. The van der Waals surface area contributed by atoms with Gasteiger partial charge < -0.3 is 4.90 Å². The minimum absolute atomic E-state index is 0.0805. The first-order chi connectivity index (χ1) is 8.08. The van der Waals surface area contributed by atoms with E-state index in [1.54, 1.807) is 0 Å². The lowest BCUT2D eigenvalue weighted by Crippen LogP contribution is -2.30. The quantitative estimate of drug-likeness (QED) is 0.462. The molecule has 1 aromatic heterocycles. The molecule has 0 saturated carbocycles. The maximum atomic E-state index is 10.6. The average molecular weight is 254 g/mol. The van der Waals surface area contributed by atoms with E-state index >= 15 is 0 Å². The lowest BCUT2D eigenvalue weighted by Gasteiger charge is -2.27. The Kier molecular flexibility index (Phi) is 3.28. The van der Waals surface area contributed by atoms with Crippen molar-refractivity contribution in [3.8, 4) is 0 Å². The number of aromatic nitrogens is 1. The number of rotatable bonds is 2. The third-order valence-electron chi connectivity index (χ3n) is 2.65. The SMILES string of the molecule is CC1=CCCN(c2ncc([N+](=O)[O-])cc2Cl)C1. The van der Waals surface area contributed by atoms with Gasteiger partial charge in [-0.15, -0.1) is 0 Å². The molecule has 1 aliphatic rings. The minimum atomic E-state index is -0.496. The van der Waals surface area contributed by atoms with Crippen LogP contribution in [0, 0.1) is 10.1 Å². The number of anilines is 1. The van der Waals surface area contributed by atoms with Crippen molar-refractivity contribution in [3.05, 3.63) is 39.0 Å². The minimum Gasteiger partial charge on any atom is -0.351 e. The maximum Gasteiger partial charge on any atom is 0.289 e. The zero-order valence-corrected chi connectivity index (χ0v) is 10.1. The van der Waals surface area contributed by atoms with Crippen LogP contribution < -0.4 is 4.90 Å². The van der Waals surface area contributed by atoms with Crippen LogP contribution in [0.15, 0.2) is 23.9 Å². The molecule has 6 heteroatoms. The molecule has 0 N–H and O–H groups in total. The summed E-state index contributed by atoms with van der Waals surface area (Å²) in [6.07, 6.45) is 4.37. The summed E-state index contributed by atoms with van der Waals surface area (Å²) in [5, 5.41) is 10.9. The van der Waals surface area contributed by atoms with E-state index in [-0.39, 0.29) is 5.69 Å². The van der Waals surface area contributed by atoms with Gasteiger partial charge >= 0.3 is 0 Å². The highest BCUT2D eigenvalue weighted by molar-refractivity contribution is 6.33. The van der Waals surface area contributed by atoms with Gasteiger partial charge in [-0.25, -0.2) is 4.98 Å². The van der Waals surface area contributed by atoms with Crippen molar-refractivity contribution in [2.75, 3.05) is 18.0 Å². The molecule has 0 radical (unpaired) electrons. The first-order valence-electron chi connectivity index (χ1n) is 5.28. The molecular weight excluding hydrogens is 242 g/mol. The molecule has 1 aromatic rings. The van der Waals surface area contributed by atoms with Crippen molar-refractivity contribution in [1.29, 1.82) is 0 Å². The van der Waals surface area contributed by atoms with Gasteiger partial charge in [-0.3, -0.25) is 10.1 Å². The Hall–Kier alpha value is -1.62. The highest BCUT2D eigenvalue weighted by Crippen LogP contribution is 2.28. The van der Waals surface area contributed by atoms with E-state index in [0.717, 1.165) is 19.5 Å². The zero-order valence-electron chi connectivity index (χ0n) is 9.39. The number of hydrogen-bond acceptors (Lipinski definition) is 4. The molecule has 0 unspecified atom stereocenters. The molecule has 0 aromatic carbocycles. The van der Waals surface area contributed by atoms with Crippen LogP contribution in [-0.2, 0) is 0 Å². The monoisotopic (exact) mass is 253 g/mol. The molecule has 5 nitrogen and oxygen atoms in total. The van der Waals surface area contributed by atoms with Gasteiger partial charge in [0.15, 0.2) is 0 Å². The number of hydrogen-bond donors (Lipinski definition) is 0. The fourth-order valence-electron chi connectivity index (χ4n) is 1.85. The van der Waals surface area contributed by atoms with Gasteiger partial charge in [0.25, 0.3) is 5.69 Å². The molecular formula is C11H12ClN3O2. The predicted molar refractivity (Wildman–Crippen MR) is 66.5 cm³/mol. The van der Waals surface area contributed by atoms with E-state index in [4.69, 9.17) is 11.6 Å². The Morgan fingerprint density at radius 3 is 2.94 bits per heavy atom. The third kappa shape index (κ3) is 2.55. The molecule has 2 heterocycles. The van der Waals surface area contributed by atoms with E-state index in [1.807, 2.05) is 11.8 Å². The topological polar surface area (TPSA) is 59.3 Å². The number of nitrogens with zero attached hydrogens (tertiary/aromatic N) is 3. The average Bonchev–Trinajstić information content (AvgIpc) is 2.28. The molecule has 0 fully saturated rings. The molecule has 0 bridgehead atoms. The van der Waals surface area contributed by atoms with Crippen molar-refractivity contribution in [2.45, 2.75) is 13.3 Å². The molecule has 0 spiro atoms. The molecule has 0 aliphatic carbocycles. The van der Waals surface area contributed by atoms with Gasteiger partial charge in [0.05, 0.1) is 9.95 Å². The first kappa shape index (κ1) is 11.9. The molecule has 90 valence electrons. The summed E-state index contributed by atoms with van der Waals surface area (Å²) in [4.78, 5) is 16.2. The molecule has 0 saturated heterocycles. The van der Waals surface area contributed by atoms with Crippen molar-refractivity contribution in [1.82, 2.24) is 4.98 Å². The summed E-state index contributed by atoms with van der Waals surface area (Å²) in [5.41, 5.74) is 1.18. The van der Waals surface area contributed by atoms with E-state index in [1.165, 1.54) is 17.8 Å². The number of halogens is 1. The number of nitro groups is 1. The van der Waals surface area contributed by atoms with Gasteiger partial charge in [0.1, 0.15) is 12.0 Å². The second-order valence-electron chi connectivity index (χ2n) is 4.02. The van der Waals surface area contributed by atoms with Crippen LogP contribution in [-0.4, -0.2) is 23.0 Å². The van der Waals surface area contributed by atoms with Gasteiger partial charge in [-0.2, -0.15) is 0 Å². The lowest BCUT2D eigenvalue weighted by atomic mass is 10.1. The normalized spacial score (nSPS) is 15.6. The fraction of sp³-hybridized carbons (Fsp3) is 0.364. The molecule has 17 heavy (non-hydrogen) atoms. The van der Waals surface area contributed by atoms with Gasteiger partial charge in [0.2, 0.25) is 0 Å².